The second kappa shape index (κ2) is 12.1. The van der Waals surface area contributed by atoms with Crippen molar-refractivity contribution >= 4 is 45.2 Å². The van der Waals surface area contributed by atoms with Crippen LogP contribution in [0.3, 0.4) is 0 Å². The monoisotopic (exact) mass is 656 g/mol. The standard InChI is InChI=1S/C23H16BrClF10N2O2/c1-10(19(38)36-9-21(27,28)29)37-20(39)15-3-2-11(6-17(15)23(33,34)35)18(26)8-16(22(30,31)32)12-4-13(24)7-14(25)5-12/h2-8,10,16H,9H2,1H3,(H,36,38)(H,37,39)/b18-8-. The summed E-state index contributed by atoms with van der Waals surface area (Å²) in [6.45, 7) is -0.857. The molecule has 0 saturated carbocycles. The molecule has 0 aliphatic heterocycles. The lowest BCUT2D eigenvalue weighted by molar-refractivity contribution is -0.140. The Hall–Kier alpha value is -2.81. The van der Waals surface area contributed by atoms with Crippen molar-refractivity contribution in [2.45, 2.75) is 37.4 Å². The lowest BCUT2D eigenvalue weighted by Crippen LogP contribution is -2.47. The highest BCUT2D eigenvalue weighted by Gasteiger charge is 2.41. The van der Waals surface area contributed by atoms with Crippen LogP contribution in [0.25, 0.3) is 5.83 Å². The Morgan fingerprint density at radius 1 is 1.00 bits per heavy atom. The molecule has 2 N–H and O–H groups in total. The molecule has 0 aliphatic rings. The summed E-state index contributed by atoms with van der Waals surface area (Å²) in [6, 6.07) is 2.60. The molecule has 0 aliphatic carbocycles. The summed E-state index contributed by atoms with van der Waals surface area (Å²) in [5.41, 5.74) is -4.38. The highest BCUT2D eigenvalue weighted by Crippen LogP contribution is 2.41. The third-order valence-corrected chi connectivity index (χ3v) is 5.64. The number of allylic oxidation sites excluding steroid dienone is 1. The fourth-order valence-electron chi connectivity index (χ4n) is 3.18. The average molecular weight is 658 g/mol. The highest BCUT2D eigenvalue weighted by molar-refractivity contribution is 9.10. The molecule has 0 radical (unpaired) electrons. The molecule has 2 unspecified atom stereocenters. The van der Waals surface area contributed by atoms with Crippen molar-refractivity contribution < 1.29 is 53.5 Å². The molecule has 2 atom stereocenters. The molecular weight excluding hydrogens is 642 g/mol. The van der Waals surface area contributed by atoms with Crippen molar-refractivity contribution in [2.75, 3.05) is 6.54 Å². The summed E-state index contributed by atoms with van der Waals surface area (Å²) < 4.78 is 134. The van der Waals surface area contributed by atoms with E-state index in [4.69, 9.17) is 11.6 Å². The number of nitrogens with one attached hydrogen (secondary N) is 2. The van der Waals surface area contributed by atoms with Crippen LogP contribution in [-0.2, 0) is 11.0 Å². The van der Waals surface area contributed by atoms with Gasteiger partial charge in [-0.3, -0.25) is 9.59 Å². The van der Waals surface area contributed by atoms with E-state index in [-0.39, 0.29) is 21.6 Å². The van der Waals surface area contributed by atoms with E-state index in [0.29, 0.717) is 12.1 Å². The normalized spacial score (nSPS) is 14.5. The summed E-state index contributed by atoms with van der Waals surface area (Å²) in [5, 5.41) is 3.10. The number of benzene rings is 2. The van der Waals surface area contributed by atoms with Gasteiger partial charge in [0, 0.05) is 15.1 Å². The Bertz CT molecular complexity index is 1240. The fourth-order valence-corrected chi connectivity index (χ4v) is 4.07. The predicted octanol–water partition coefficient (Wildman–Crippen LogP) is 7.57. The first-order chi connectivity index (χ1) is 17.7. The maximum Gasteiger partial charge on any atom is 0.417 e. The van der Waals surface area contributed by atoms with Gasteiger partial charge in [-0.1, -0.05) is 33.6 Å². The van der Waals surface area contributed by atoms with Gasteiger partial charge in [-0.15, -0.1) is 0 Å². The molecule has 0 saturated heterocycles. The Labute approximate surface area is 227 Å². The number of hydrogen-bond donors (Lipinski definition) is 2. The molecule has 2 rings (SSSR count). The summed E-state index contributed by atoms with van der Waals surface area (Å²) in [4.78, 5) is 24.1. The van der Waals surface area contributed by atoms with Crippen molar-refractivity contribution in [2.24, 2.45) is 0 Å². The van der Waals surface area contributed by atoms with E-state index in [1.807, 2.05) is 0 Å². The third kappa shape index (κ3) is 9.41. The van der Waals surface area contributed by atoms with Crippen molar-refractivity contribution in [3.63, 3.8) is 0 Å². The van der Waals surface area contributed by atoms with Crippen molar-refractivity contribution in [1.82, 2.24) is 10.6 Å². The summed E-state index contributed by atoms with van der Waals surface area (Å²) in [7, 11) is 0. The van der Waals surface area contributed by atoms with Crippen LogP contribution < -0.4 is 10.6 Å². The van der Waals surface area contributed by atoms with Crippen LogP contribution in [-0.4, -0.2) is 36.8 Å². The lowest BCUT2D eigenvalue weighted by Gasteiger charge is -2.19. The first kappa shape index (κ1) is 32.4. The van der Waals surface area contributed by atoms with E-state index in [1.54, 1.807) is 5.32 Å². The van der Waals surface area contributed by atoms with Crippen LogP contribution in [0.5, 0.6) is 0 Å². The number of alkyl halides is 9. The van der Waals surface area contributed by atoms with Gasteiger partial charge >= 0.3 is 18.5 Å². The van der Waals surface area contributed by atoms with Crippen LogP contribution in [0, 0.1) is 0 Å². The molecule has 2 amide bonds. The second-order valence-corrected chi connectivity index (χ2v) is 9.38. The average Bonchev–Trinajstić information content (AvgIpc) is 2.77. The van der Waals surface area contributed by atoms with Gasteiger partial charge in [0.15, 0.2) is 0 Å². The zero-order valence-corrected chi connectivity index (χ0v) is 21.6. The molecule has 214 valence electrons. The molecule has 16 heteroatoms. The van der Waals surface area contributed by atoms with Crippen LogP contribution in [0.2, 0.25) is 5.02 Å². The van der Waals surface area contributed by atoms with Gasteiger partial charge in [0.2, 0.25) is 5.91 Å². The van der Waals surface area contributed by atoms with Crippen LogP contribution in [0.1, 0.15) is 39.9 Å². The number of amides is 2. The molecule has 0 spiro atoms. The molecule has 39 heavy (non-hydrogen) atoms. The van der Waals surface area contributed by atoms with Gasteiger partial charge < -0.3 is 10.6 Å². The van der Waals surface area contributed by atoms with Gasteiger partial charge in [-0.25, -0.2) is 4.39 Å². The predicted molar refractivity (Wildman–Crippen MR) is 124 cm³/mol. The zero-order valence-electron chi connectivity index (χ0n) is 19.3. The van der Waals surface area contributed by atoms with E-state index in [2.05, 4.69) is 15.9 Å². The molecule has 0 bridgehead atoms. The minimum absolute atomic E-state index is 0.0421. The van der Waals surface area contributed by atoms with Crippen molar-refractivity contribution in [3.05, 3.63) is 74.2 Å². The molecule has 0 aromatic heterocycles. The summed E-state index contributed by atoms with van der Waals surface area (Å²) in [5.74, 6) is -7.22. The number of hydrogen-bond acceptors (Lipinski definition) is 2. The summed E-state index contributed by atoms with van der Waals surface area (Å²) >= 11 is 8.71. The van der Waals surface area contributed by atoms with Gasteiger partial charge in [-0.05, 0) is 48.9 Å². The molecule has 4 nitrogen and oxygen atoms in total. The quantitative estimate of drug-likeness (QED) is 0.302. The Morgan fingerprint density at radius 3 is 2.13 bits per heavy atom. The van der Waals surface area contributed by atoms with Crippen molar-refractivity contribution in [3.8, 4) is 0 Å². The van der Waals surface area contributed by atoms with E-state index < -0.39 is 76.9 Å². The smallest absolute Gasteiger partial charge is 0.345 e. The topological polar surface area (TPSA) is 58.2 Å². The maximum absolute atomic E-state index is 14.9. The van der Waals surface area contributed by atoms with E-state index >= 15 is 0 Å². The lowest BCUT2D eigenvalue weighted by atomic mass is 9.95. The number of carbonyl (C=O) groups excluding carboxylic acids is 2. The fraction of sp³-hybridized carbons (Fsp3) is 0.304. The SMILES string of the molecule is CC(NC(=O)c1ccc(/C(F)=C/C(c2cc(Cl)cc(Br)c2)C(F)(F)F)cc1C(F)(F)F)C(=O)NCC(F)(F)F. The van der Waals surface area contributed by atoms with Gasteiger partial charge in [0.25, 0.3) is 5.91 Å². The third-order valence-electron chi connectivity index (χ3n) is 4.96. The molecule has 0 heterocycles. The Balaban J connectivity index is 2.43. The largest absolute Gasteiger partial charge is 0.417 e. The number of halogens is 12. The van der Waals surface area contributed by atoms with E-state index in [1.165, 1.54) is 11.4 Å². The molecule has 0 fully saturated rings. The number of rotatable bonds is 7. The molecular formula is C23H16BrClF10N2O2. The Morgan fingerprint density at radius 2 is 1.62 bits per heavy atom. The maximum atomic E-state index is 14.9. The van der Waals surface area contributed by atoms with E-state index in [9.17, 15) is 53.5 Å². The highest BCUT2D eigenvalue weighted by atomic mass is 79.9. The summed E-state index contributed by atoms with van der Waals surface area (Å²) in [6.07, 6.45) is -15.1. The zero-order chi connectivity index (χ0) is 29.9. The minimum atomic E-state index is -5.31. The number of carbonyl (C=O) groups is 2. The minimum Gasteiger partial charge on any atom is -0.345 e. The van der Waals surface area contributed by atoms with Crippen LogP contribution in [0.15, 0.2) is 46.9 Å². The van der Waals surface area contributed by atoms with Gasteiger partial charge in [-0.2, -0.15) is 39.5 Å². The van der Waals surface area contributed by atoms with Gasteiger partial charge in [0.05, 0.1) is 11.1 Å². The molecule has 2 aromatic rings. The first-order valence-corrected chi connectivity index (χ1v) is 11.6. The van der Waals surface area contributed by atoms with E-state index in [0.717, 1.165) is 19.1 Å². The van der Waals surface area contributed by atoms with Crippen LogP contribution >= 0.6 is 27.5 Å². The molecule has 2 aromatic carbocycles. The van der Waals surface area contributed by atoms with Gasteiger partial charge in [0.1, 0.15) is 24.3 Å². The first-order valence-electron chi connectivity index (χ1n) is 10.5. The van der Waals surface area contributed by atoms with Crippen LogP contribution in [0.4, 0.5) is 43.9 Å². The van der Waals surface area contributed by atoms with Crippen molar-refractivity contribution in [1.29, 1.82) is 0 Å². The second-order valence-electron chi connectivity index (χ2n) is 8.02. The Kier molecular flexibility index (Phi) is 10.1.